The molecule has 0 bridgehead atoms. The van der Waals surface area contributed by atoms with Crippen LogP contribution in [0.5, 0.6) is 17.2 Å². The highest BCUT2D eigenvalue weighted by Crippen LogP contribution is 2.41. The first-order chi connectivity index (χ1) is 24.5. The molecule has 4 heterocycles. The van der Waals surface area contributed by atoms with Gasteiger partial charge in [-0.15, -0.1) is 11.3 Å². The first-order valence-corrected chi connectivity index (χ1v) is 17.1. The molecule has 11 nitrogen and oxygen atoms in total. The molecule has 6 aromatic rings. The average Bonchev–Trinajstić information content (AvgIpc) is 3.87. The largest absolute Gasteiger partial charge is 0.493 e. The van der Waals surface area contributed by atoms with Crippen LogP contribution < -0.4 is 19.5 Å². The van der Waals surface area contributed by atoms with Gasteiger partial charge in [-0.25, -0.2) is 9.50 Å². The SMILES string of the molecule is COc1cc(-c2cc(C(=O)N3CCN(C(=O)c4ccccc4NCc4cccs4)CC3)nc3cc(-c4ccccc4)nn23)cc(OC)c1OC. The Morgan fingerprint density at radius 3 is 2.10 bits per heavy atom. The summed E-state index contributed by atoms with van der Waals surface area (Å²) >= 11 is 1.67. The Morgan fingerprint density at radius 1 is 0.760 bits per heavy atom. The second-order valence-corrected chi connectivity index (χ2v) is 12.7. The second-order valence-electron chi connectivity index (χ2n) is 11.7. The molecule has 1 aliphatic heterocycles. The highest BCUT2D eigenvalue weighted by atomic mass is 32.1. The number of carbonyl (C=O) groups excluding carboxylic acids is 2. The summed E-state index contributed by atoms with van der Waals surface area (Å²) in [6.07, 6.45) is 0. The molecule has 0 radical (unpaired) electrons. The number of piperazine rings is 1. The number of anilines is 1. The highest BCUT2D eigenvalue weighted by Gasteiger charge is 2.28. The van der Waals surface area contributed by atoms with Crippen molar-refractivity contribution in [3.05, 3.63) is 113 Å². The molecule has 2 amide bonds. The van der Waals surface area contributed by atoms with E-state index in [1.807, 2.05) is 84.2 Å². The normalized spacial score (nSPS) is 12.9. The first kappa shape index (κ1) is 32.7. The Balaban J connectivity index is 1.16. The maximum Gasteiger partial charge on any atom is 0.272 e. The quantitative estimate of drug-likeness (QED) is 0.177. The molecular weight excluding hydrogens is 653 g/mol. The van der Waals surface area contributed by atoms with Crippen molar-refractivity contribution in [2.45, 2.75) is 6.54 Å². The number of carbonyl (C=O) groups is 2. The fourth-order valence-corrected chi connectivity index (χ4v) is 6.78. The Hall–Kier alpha value is -5.88. The number of hydrogen-bond acceptors (Lipinski definition) is 9. The minimum absolute atomic E-state index is 0.0664. The first-order valence-electron chi connectivity index (χ1n) is 16.2. The lowest BCUT2D eigenvalue weighted by Gasteiger charge is -2.35. The van der Waals surface area contributed by atoms with E-state index in [-0.39, 0.29) is 17.5 Å². The fourth-order valence-electron chi connectivity index (χ4n) is 6.13. The van der Waals surface area contributed by atoms with Gasteiger partial charge in [0.15, 0.2) is 17.1 Å². The molecule has 0 aliphatic carbocycles. The van der Waals surface area contributed by atoms with E-state index in [1.165, 1.54) is 4.88 Å². The van der Waals surface area contributed by atoms with E-state index in [1.54, 1.807) is 53.0 Å². The number of hydrogen-bond donors (Lipinski definition) is 1. The Labute approximate surface area is 293 Å². The fraction of sp³-hybridized carbons (Fsp3) is 0.211. The standard InChI is InChI=1S/C38H36N6O5S/c1-47-33-20-26(21-34(48-2)36(33)49-3)32-22-31(40-35-23-30(41-44(32)35)25-10-5-4-6-11-25)38(46)43-17-15-42(16-18-43)37(45)28-13-7-8-14-29(28)39-24-27-12-9-19-50-27/h4-14,19-23,39H,15-18,24H2,1-3H3. The van der Waals surface area contributed by atoms with Gasteiger partial charge in [0.05, 0.1) is 38.3 Å². The van der Waals surface area contributed by atoms with Gasteiger partial charge < -0.3 is 29.3 Å². The molecule has 1 fully saturated rings. The van der Waals surface area contributed by atoms with Gasteiger partial charge in [0, 0.05) is 60.5 Å². The number of thiophene rings is 1. The van der Waals surface area contributed by atoms with Crippen molar-refractivity contribution in [1.29, 1.82) is 0 Å². The zero-order valence-electron chi connectivity index (χ0n) is 28.0. The molecule has 254 valence electrons. The van der Waals surface area contributed by atoms with Crippen LogP contribution in [0.1, 0.15) is 25.7 Å². The lowest BCUT2D eigenvalue weighted by molar-refractivity contribution is 0.0533. The molecule has 3 aromatic carbocycles. The summed E-state index contributed by atoms with van der Waals surface area (Å²) in [5.74, 6) is 1.11. The van der Waals surface area contributed by atoms with E-state index in [4.69, 9.17) is 24.3 Å². The van der Waals surface area contributed by atoms with Gasteiger partial charge in [-0.3, -0.25) is 9.59 Å². The van der Waals surface area contributed by atoms with Gasteiger partial charge in [-0.05, 0) is 41.8 Å². The topological polar surface area (TPSA) is 111 Å². The number of para-hydroxylation sites is 1. The van der Waals surface area contributed by atoms with E-state index in [2.05, 4.69) is 11.4 Å². The molecule has 0 unspecified atom stereocenters. The van der Waals surface area contributed by atoms with Gasteiger partial charge in [-0.2, -0.15) is 5.10 Å². The monoisotopic (exact) mass is 688 g/mol. The Bertz CT molecular complexity index is 2120. The van der Waals surface area contributed by atoms with Gasteiger partial charge in [-0.1, -0.05) is 48.5 Å². The maximum absolute atomic E-state index is 14.1. The molecule has 1 aliphatic rings. The van der Waals surface area contributed by atoms with Gasteiger partial charge in [0.2, 0.25) is 5.75 Å². The Kier molecular flexibility index (Phi) is 9.35. The van der Waals surface area contributed by atoms with E-state index in [0.717, 1.165) is 11.3 Å². The zero-order chi connectivity index (χ0) is 34.6. The number of nitrogens with one attached hydrogen (secondary N) is 1. The van der Waals surface area contributed by atoms with Crippen molar-refractivity contribution >= 4 is 34.5 Å². The molecule has 50 heavy (non-hydrogen) atoms. The van der Waals surface area contributed by atoms with Crippen LogP contribution in [0.4, 0.5) is 5.69 Å². The van der Waals surface area contributed by atoms with Crippen molar-refractivity contribution in [2.24, 2.45) is 0 Å². The van der Waals surface area contributed by atoms with Crippen LogP contribution >= 0.6 is 11.3 Å². The van der Waals surface area contributed by atoms with Gasteiger partial charge in [0.25, 0.3) is 11.8 Å². The number of benzene rings is 3. The minimum Gasteiger partial charge on any atom is -0.493 e. The number of rotatable bonds is 10. The van der Waals surface area contributed by atoms with Crippen molar-refractivity contribution < 1.29 is 23.8 Å². The number of aromatic nitrogens is 3. The van der Waals surface area contributed by atoms with Crippen LogP contribution in [-0.4, -0.2) is 83.7 Å². The summed E-state index contributed by atoms with van der Waals surface area (Å²) in [6.45, 7) is 2.18. The summed E-state index contributed by atoms with van der Waals surface area (Å²) in [7, 11) is 4.67. The third-order valence-electron chi connectivity index (χ3n) is 8.72. The lowest BCUT2D eigenvalue weighted by Crippen LogP contribution is -2.50. The average molecular weight is 689 g/mol. The van der Waals surface area contributed by atoms with Crippen LogP contribution in [-0.2, 0) is 6.54 Å². The second kappa shape index (κ2) is 14.3. The number of methoxy groups -OCH3 is 3. The molecule has 0 saturated carbocycles. The molecule has 0 atom stereocenters. The van der Waals surface area contributed by atoms with Crippen LogP contribution in [0.3, 0.4) is 0 Å². The predicted molar refractivity (Wildman–Crippen MR) is 193 cm³/mol. The smallest absolute Gasteiger partial charge is 0.272 e. The van der Waals surface area contributed by atoms with E-state index >= 15 is 0 Å². The third kappa shape index (κ3) is 6.45. The summed E-state index contributed by atoms with van der Waals surface area (Å²) in [5.41, 5.74) is 5.14. The minimum atomic E-state index is -0.228. The number of fused-ring (bicyclic) bond motifs is 1. The number of amides is 2. The number of nitrogens with zero attached hydrogens (tertiary/aromatic N) is 5. The highest BCUT2D eigenvalue weighted by molar-refractivity contribution is 7.09. The van der Waals surface area contributed by atoms with Crippen LogP contribution in [0.2, 0.25) is 0 Å². The van der Waals surface area contributed by atoms with Crippen molar-refractivity contribution in [3.63, 3.8) is 0 Å². The summed E-state index contributed by atoms with van der Waals surface area (Å²) in [4.78, 5) is 37.3. The van der Waals surface area contributed by atoms with Crippen LogP contribution in [0, 0.1) is 0 Å². The maximum atomic E-state index is 14.1. The van der Waals surface area contributed by atoms with Crippen LogP contribution in [0.15, 0.2) is 96.4 Å². The van der Waals surface area contributed by atoms with E-state index in [9.17, 15) is 9.59 Å². The molecule has 3 aromatic heterocycles. The van der Waals surface area contributed by atoms with Gasteiger partial charge in [0.1, 0.15) is 5.69 Å². The Morgan fingerprint density at radius 2 is 1.44 bits per heavy atom. The molecule has 7 rings (SSSR count). The van der Waals surface area contributed by atoms with Crippen molar-refractivity contribution in [1.82, 2.24) is 24.4 Å². The molecule has 1 N–H and O–H groups in total. The van der Waals surface area contributed by atoms with Crippen molar-refractivity contribution in [3.8, 4) is 39.8 Å². The van der Waals surface area contributed by atoms with Crippen molar-refractivity contribution in [2.75, 3.05) is 52.8 Å². The van der Waals surface area contributed by atoms with E-state index < -0.39 is 0 Å². The number of ether oxygens (including phenoxy) is 3. The van der Waals surface area contributed by atoms with Crippen LogP contribution in [0.25, 0.3) is 28.2 Å². The summed E-state index contributed by atoms with van der Waals surface area (Å²) < 4.78 is 18.5. The van der Waals surface area contributed by atoms with E-state index in [0.29, 0.717) is 78.1 Å². The predicted octanol–water partition coefficient (Wildman–Crippen LogP) is 6.36. The zero-order valence-corrected chi connectivity index (χ0v) is 28.8. The molecule has 0 spiro atoms. The summed E-state index contributed by atoms with van der Waals surface area (Å²) in [6, 6.07) is 28.7. The lowest BCUT2D eigenvalue weighted by atomic mass is 10.1. The third-order valence-corrected chi connectivity index (χ3v) is 9.60. The molecule has 12 heteroatoms. The van der Waals surface area contributed by atoms with Gasteiger partial charge >= 0.3 is 0 Å². The molecular formula is C38H36N6O5S. The molecule has 1 saturated heterocycles. The summed E-state index contributed by atoms with van der Waals surface area (Å²) in [5, 5.41) is 10.3.